The lowest BCUT2D eigenvalue weighted by Gasteiger charge is -2.29. The number of halogens is 1. The van der Waals surface area contributed by atoms with Crippen LogP contribution in [-0.2, 0) is 4.57 Å². The third kappa shape index (κ3) is 2.83. The van der Waals surface area contributed by atoms with E-state index in [1.807, 2.05) is 0 Å². The van der Waals surface area contributed by atoms with Gasteiger partial charge in [-0.3, -0.25) is 0 Å². The van der Waals surface area contributed by atoms with E-state index in [1.165, 1.54) is 18.2 Å². The molecule has 0 unspecified atom stereocenters. The molecule has 0 heterocycles. The zero-order valence-electron chi connectivity index (χ0n) is 5.77. The molecule has 66 valence electrons. The summed E-state index contributed by atoms with van der Waals surface area (Å²) in [4.78, 5) is 20.3. The van der Waals surface area contributed by atoms with Gasteiger partial charge >= 0.3 is 0 Å². The van der Waals surface area contributed by atoms with Crippen LogP contribution in [0.3, 0.4) is 0 Å². The molecule has 1 aromatic rings. The van der Waals surface area contributed by atoms with E-state index in [4.69, 9.17) is 11.6 Å². The van der Waals surface area contributed by atoms with Gasteiger partial charge in [-0.2, -0.15) is 0 Å². The Balaban J connectivity index is 2.90. The van der Waals surface area contributed by atoms with Gasteiger partial charge in [0.05, 0.1) is 5.02 Å². The second-order valence-electron chi connectivity index (χ2n) is 1.97. The van der Waals surface area contributed by atoms with Crippen LogP contribution >= 0.6 is 19.4 Å². The summed E-state index contributed by atoms with van der Waals surface area (Å²) in [5, 5.41) is 0.0874. The van der Waals surface area contributed by atoms with E-state index in [1.54, 1.807) is 6.07 Å². The number of hydrogen-bond donors (Lipinski definition) is 0. The molecule has 0 atom stereocenters. The Morgan fingerprint density at radius 3 is 2.42 bits per heavy atom. The number of para-hydroxylation sites is 1. The molecule has 0 aromatic heterocycles. The van der Waals surface area contributed by atoms with Crippen LogP contribution in [-0.4, -0.2) is 0 Å². The Hall–Kier alpha value is -0.540. The minimum atomic E-state index is -5.00. The summed E-state index contributed by atoms with van der Waals surface area (Å²) in [6, 6.07) is 5.82. The van der Waals surface area contributed by atoms with Crippen LogP contribution in [0.15, 0.2) is 24.3 Å². The maximum atomic E-state index is 10.1. The third-order valence-electron chi connectivity index (χ3n) is 1.05. The zero-order valence-corrected chi connectivity index (χ0v) is 7.42. The molecule has 0 saturated carbocycles. The van der Waals surface area contributed by atoms with Gasteiger partial charge in [0.25, 0.3) is 0 Å². The van der Waals surface area contributed by atoms with Crippen LogP contribution in [0.1, 0.15) is 0 Å². The van der Waals surface area contributed by atoms with Crippen molar-refractivity contribution in [2.24, 2.45) is 0 Å². The highest BCUT2D eigenvalue weighted by atomic mass is 35.5. The van der Waals surface area contributed by atoms with E-state index >= 15 is 0 Å². The fourth-order valence-electron chi connectivity index (χ4n) is 0.639. The van der Waals surface area contributed by atoms with E-state index in [2.05, 4.69) is 4.52 Å². The van der Waals surface area contributed by atoms with Gasteiger partial charge in [0, 0.05) is 0 Å². The monoisotopic (exact) mass is 206 g/mol. The summed E-state index contributed by atoms with van der Waals surface area (Å²) in [6.07, 6.45) is 0. The lowest BCUT2D eigenvalue weighted by atomic mass is 10.3. The van der Waals surface area contributed by atoms with Gasteiger partial charge in [0.15, 0.2) is 0 Å². The van der Waals surface area contributed by atoms with Gasteiger partial charge in [-0.1, -0.05) is 23.7 Å². The molecule has 0 fully saturated rings. The molecule has 1 aromatic carbocycles. The van der Waals surface area contributed by atoms with Crippen molar-refractivity contribution in [3.05, 3.63) is 29.3 Å². The average molecular weight is 207 g/mol. The molecule has 4 nitrogen and oxygen atoms in total. The van der Waals surface area contributed by atoms with Crippen LogP contribution in [0, 0.1) is 0 Å². The highest BCUT2D eigenvalue weighted by Crippen LogP contribution is 2.33. The van der Waals surface area contributed by atoms with Gasteiger partial charge in [-0.05, 0) is 12.1 Å². The fraction of sp³-hybridized carbons (Fsp3) is 0. The SMILES string of the molecule is O=P([O-])([O-])Oc1ccccc1Cl. The van der Waals surface area contributed by atoms with Crippen LogP contribution in [0.2, 0.25) is 5.02 Å². The van der Waals surface area contributed by atoms with Crippen LogP contribution in [0.25, 0.3) is 0 Å². The van der Waals surface area contributed by atoms with Crippen molar-refractivity contribution in [1.82, 2.24) is 0 Å². The number of phosphoric ester groups is 1. The lowest BCUT2D eigenvalue weighted by molar-refractivity contribution is -0.333. The summed E-state index contributed by atoms with van der Waals surface area (Å²) < 4.78 is 14.2. The first-order valence-corrected chi connectivity index (χ1v) is 4.79. The first-order valence-electron chi connectivity index (χ1n) is 2.95. The van der Waals surface area contributed by atoms with Crippen LogP contribution < -0.4 is 14.3 Å². The molecule has 0 saturated heterocycles. The highest BCUT2D eigenvalue weighted by Gasteiger charge is 2.00. The van der Waals surface area contributed by atoms with Gasteiger partial charge in [-0.25, -0.2) is 0 Å². The van der Waals surface area contributed by atoms with Gasteiger partial charge < -0.3 is 18.9 Å². The predicted molar refractivity (Wildman–Crippen MR) is 39.7 cm³/mol. The summed E-state index contributed by atoms with van der Waals surface area (Å²) >= 11 is 5.51. The highest BCUT2D eigenvalue weighted by molar-refractivity contribution is 7.43. The topological polar surface area (TPSA) is 72.4 Å². The average Bonchev–Trinajstić information content (AvgIpc) is 1.91. The molecule has 0 aliphatic carbocycles. The van der Waals surface area contributed by atoms with Crippen LogP contribution in [0.5, 0.6) is 5.75 Å². The molecule has 0 bridgehead atoms. The van der Waals surface area contributed by atoms with Crippen molar-refractivity contribution in [2.75, 3.05) is 0 Å². The summed E-state index contributed by atoms with van der Waals surface area (Å²) in [7, 11) is -5.00. The number of benzene rings is 1. The maximum Gasteiger partial charge on any atom is 0.142 e. The van der Waals surface area contributed by atoms with Gasteiger partial charge in [0.2, 0.25) is 0 Å². The maximum absolute atomic E-state index is 10.1. The Morgan fingerprint density at radius 1 is 1.33 bits per heavy atom. The second-order valence-corrected chi connectivity index (χ2v) is 3.45. The Kier molecular flexibility index (Phi) is 2.75. The molecule has 6 heteroatoms. The Morgan fingerprint density at radius 2 is 1.92 bits per heavy atom. The summed E-state index contributed by atoms with van der Waals surface area (Å²) in [6.45, 7) is 0. The third-order valence-corrected chi connectivity index (χ3v) is 1.78. The van der Waals surface area contributed by atoms with E-state index in [-0.39, 0.29) is 10.8 Å². The van der Waals surface area contributed by atoms with Crippen molar-refractivity contribution in [2.45, 2.75) is 0 Å². The van der Waals surface area contributed by atoms with Gasteiger partial charge in [0.1, 0.15) is 13.6 Å². The molecule has 0 aliphatic heterocycles. The quantitative estimate of drug-likeness (QED) is 0.663. The van der Waals surface area contributed by atoms with Gasteiger partial charge in [-0.15, -0.1) is 0 Å². The minimum absolute atomic E-state index is 0.0874. The normalized spacial score (nSPS) is 11.2. The Bertz CT molecular complexity index is 321. The summed E-state index contributed by atoms with van der Waals surface area (Å²) in [5.74, 6) is -0.146. The largest absolute Gasteiger partial charge is 0.780 e. The molecular weight excluding hydrogens is 202 g/mol. The van der Waals surface area contributed by atoms with E-state index in [0.29, 0.717) is 0 Å². The van der Waals surface area contributed by atoms with E-state index < -0.39 is 7.82 Å². The molecular formula is C6H4ClO4P-2. The van der Waals surface area contributed by atoms with Crippen molar-refractivity contribution < 1.29 is 18.9 Å². The Labute approximate surface area is 74.0 Å². The first-order chi connectivity index (χ1) is 5.49. The predicted octanol–water partition coefficient (Wildman–Crippen LogP) is 0.547. The first kappa shape index (κ1) is 9.55. The smallest absolute Gasteiger partial charge is 0.142 e. The molecule has 0 aliphatic rings. The number of phosphoric acid groups is 1. The van der Waals surface area contributed by atoms with Crippen molar-refractivity contribution >= 4 is 19.4 Å². The van der Waals surface area contributed by atoms with Crippen molar-refractivity contribution in [3.8, 4) is 5.75 Å². The molecule has 12 heavy (non-hydrogen) atoms. The number of rotatable bonds is 2. The molecule has 0 amide bonds. The molecule has 0 N–H and O–H groups in total. The molecule has 1 rings (SSSR count). The van der Waals surface area contributed by atoms with Crippen molar-refractivity contribution in [3.63, 3.8) is 0 Å². The second kappa shape index (κ2) is 3.46. The molecule has 0 radical (unpaired) electrons. The summed E-state index contributed by atoms with van der Waals surface area (Å²) in [5.41, 5.74) is 0. The van der Waals surface area contributed by atoms with E-state index in [9.17, 15) is 14.4 Å². The zero-order chi connectivity index (χ0) is 9.19. The molecule has 0 spiro atoms. The van der Waals surface area contributed by atoms with E-state index in [0.717, 1.165) is 0 Å². The minimum Gasteiger partial charge on any atom is -0.780 e. The lowest BCUT2D eigenvalue weighted by Crippen LogP contribution is -2.18. The standard InChI is InChI=1S/C6H6ClO4P/c7-5-3-1-2-4-6(5)11-12(8,9)10/h1-4H,(H2,8,9,10)/p-2. The fourth-order valence-corrected chi connectivity index (χ4v) is 1.27. The van der Waals surface area contributed by atoms with Crippen molar-refractivity contribution in [1.29, 1.82) is 0 Å². The van der Waals surface area contributed by atoms with Crippen LogP contribution in [0.4, 0.5) is 0 Å². The number of hydrogen-bond acceptors (Lipinski definition) is 4.